The molecular weight excluding hydrogens is 248 g/mol. The smallest absolute Gasteiger partial charge is 0.134 e. The lowest BCUT2D eigenvalue weighted by Crippen LogP contribution is -2.26. The van der Waals surface area contributed by atoms with E-state index in [4.69, 9.17) is 4.74 Å². The molecule has 3 rings (SSSR count). The third-order valence-corrected chi connectivity index (χ3v) is 9.42. The highest BCUT2D eigenvalue weighted by Crippen LogP contribution is 2.27. The van der Waals surface area contributed by atoms with Crippen LogP contribution in [0.25, 0.3) is 0 Å². The summed E-state index contributed by atoms with van der Waals surface area (Å²) in [7, 11) is 1.48. The van der Waals surface area contributed by atoms with Crippen LogP contribution in [0.1, 0.15) is 38.5 Å². The maximum atomic E-state index is 6.30. The van der Waals surface area contributed by atoms with E-state index in [1.807, 2.05) is 0 Å². The zero-order valence-corrected chi connectivity index (χ0v) is 12.5. The second-order valence-corrected chi connectivity index (χ2v) is 10.5. The Labute approximate surface area is 112 Å². The van der Waals surface area contributed by atoms with Crippen LogP contribution in [0.5, 0.6) is 0 Å². The molecule has 0 bridgehead atoms. The standard InChI is InChI=1S/C14H26OS2/c1-2-8-16(7-1)11-13-5-6-14(15-13)12-17-9-3-4-10-17/h13-14H,1-12H2/q+2. The van der Waals surface area contributed by atoms with Crippen LogP contribution in [0.3, 0.4) is 0 Å². The minimum atomic E-state index is 0.646. The Morgan fingerprint density at radius 3 is 1.53 bits per heavy atom. The molecule has 3 saturated heterocycles. The summed E-state index contributed by atoms with van der Waals surface area (Å²) in [6, 6.07) is 0. The van der Waals surface area contributed by atoms with Gasteiger partial charge in [0.1, 0.15) is 46.7 Å². The monoisotopic (exact) mass is 274 g/mol. The second kappa shape index (κ2) is 6.21. The van der Waals surface area contributed by atoms with Gasteiger partial charge in [-0.3, -0.25) is 0 Å². The number of hydrogen-bond donors (Lipinski definition) is 0. The molecule has 0 saturated carbocycles. The summed E-state index contributed by atoms with van der Waals surface area (Å²) in [5.74, 6) is 8.85. The maximum absolute atomic E-state index is 6.30. The highest BCUT2D eigenvalue weighted by molar-refractivity contribution is 7.97. The van der Waals surface area contributed by atoms with Crippen LogP contribution in [0, 0.1) is 0 Å². The first-order valence-electron chi connectivity index (χ1n) is 7.34. The summed E-state index contributed by atoms with van der Waals surface area (Å²) in [6.45, 7) is 0. The van der Waals surface area contributed by atoms with Gasteiger partial charge in [-0.05, 0) is 60.3 Å². The molecule has 3 heterocycles. The van der Waals surface area contributed by atoms with Crippen molar-refractivity contribution in [2.75, 3.05) is 34.5 Å². The highest BCUT2D eigenvalue weighted by atomic mass is 32.2. The fourth-order valence-electron chi connectivity index (χ4n) is 3.31. The Morgan fingerprint density at radius 1 is 0.706 bits per heavy atom. The SMILES string of the molecule is C1CC[S+](CC2CCC(C[S+]3CCCC3)O2)C1. The predicted molar refractivity (Wildman–Crippen MR) is 80.3 cm³/mol. The molecule has 0 radical (unpaired) electrons. The van der Waals surface area contributed by atoms with E-state index in [1.54, 1.807) is 0 Å². The third kappa shape index (κ3) is 3.57. The largest absolute Gasteiger partial charge is 0.365 e. The van der Waals surface area contributed by atoms with Gasteiger partial charge >= 0.3 is 0 Å². The molecular formula is C14H26OS2+2. The number of rotatable bonds is 4. The topological polar surface area (TPSA) is 9.23 Å². The van der Waals surface area contributed by atoms with Crippen LogP contribution in [0.15, 0.2) is 0 Å². The molecule has 3 aliphatic heterocycles. The average molecular weight is 274 g/mol. The Hall–Kier alpha value is 0.660. The normalized spacial score (nSPS) is 36.0. The number of hydrogen-bond acceptors (Lipinski definition) is 1. The van der Waals surface area contributed by atoms with Crippen molar-refractivity contribution in [2.45, 2.75) is 50.7 Å². The van der Waals surface area contributed by atoms with Gasteiger partial charge in [-0.2, -0.15) is 0 Å². The molecule has 2 atom stereocenters. The first-order valence-corrected chi connectivity index (χ1v) is 10.8. The van der Waals surface area contributed by atoms with Gasteiger partial charge in [-0.15, -0.1) is 0 Å². The molecule has 2 unspecified atom stereocenters. The highest BCUT2D eigenvalue weighted by Gasteiger charge is 2.37. The molecule has 0 aromatic rings. The van der Waals surface area contributed by atoms with Gasteiger partial charge < -0.3 is 4.74 Å². The minimum absolute atomic E-state index is 0.646. The van der Waals surface area contributed by atoms with Crippen molar-refractivity contribution in [3.63, 3.8) is 0 Å². The first kappa shape index (κ1) is 12.7. The van der Waals surface area contributed by atoms with E-state index in [0.717, 1.165) is 21.8 Å². The van der Waals surface area contributed by atoms with Crippen LogP contribution < -0.4 is 0 Å². The van der Waals surface area contributed by atoms with Gasteiger partial charge in [0.05, 0.1) is 0 Å². The van der Waals surface area contributed by atoms with E-state index in [0.29, 0.717) is 12.2 Å². The van der Waals surface area contributed by atoms with Crippen molar-refractivity contribution in [3.05, 3.63) is 0 Å². The van der Waals surface area contributed by atoms with Gasteiger partial charge in [-0.1, -0.05) is 0 Å². The van der Waals surface area contributed by atoms with Gasteiger partial charge in [0.15, 0.2) is 0 Å². The quantitative estimate of drug-likeness (QED) is 0.715. The molecule has 1 nitrogen and oxygen atoms in total. The molecule has 3 fully saturated rings. The maximum Gasteiger partial charge on any atom is 0.134 e. The molecule has 0 N–H and O–H groups in total. The fraction of sp³-hybridized carbons (Fsp3) is 1.00. The zero-order chi connectivity index (χ0) is 11.5. The van der Waals surface area contributed by atoms with Crippen LogP contribution in [0.2, 0.25) is 0 Å². The van der Waals surface area contributed by atoms with Gasteiger partial charge in [0.25, 0.3) is 0 Å². The molecule has 98 valence electrons. The van der Waals surface area contributed by atoms with E-state index in [2.05, 4.69) is 0 Å². The van der Waals surface area contributed by atoms with E-state index in [1.165, 1.54) is 73.0 Å². The molecule has 0 aliphatic carbocycles. The van der Waals surface area contributed by atoms with E-state index < -0.39 is 0 Å². The van der Waals surface area contributed by atoms with Crippen LogP contribution in [0.4, 0.5) is 0 Å². The van der Waals surface area contributed by atoms with Crippen LogP contribution >= 0.6 is 0 Å². The predicted octanol–water partition coefficient (Wildman–Crippen LogP) is 2.36. The van der Waals surface area contributed by atoms with Crippen molar-refractivity contribution in [2.24, 2.45) is 0 Å². The summed E-state index contributed by atoms with van der Waals surface area (Å²) < 4.78 is 6.30. The average Bonchev–Trinajstić information content (AvgIpc) is 3.02. The molecule has 0 amide bonds. The van der Waals surface area contributed by atoms with Gasteiger partial charge in [0, 0.05) is 0 Å². The second-order valence-electron chi connectivity index (χ2n) is 5.75. The molecule has 0 aromatic heterocycles. The van der Waals surface area contributed by atoms with Crippen molar-refractivity contribution in [1.82, 2.24) is 0 Å². The lowest BCUT2D eigenvalue weighted by atomic mass is 10.2. The lowest BCUT2D eigenvalue weighted by molar-refractivity contribution is 0.0721. The van der Waals surface area contributed by atoms with Crippen LogP contribution in [-0.4, -0.2) is 46.7 Å². The van der Waals surface area contributed by atoms with E-state index >= 15 is 0 Å². The third-order valence-electron chi connectivity index (χ3n) is 4.27. The number of ether oxygens (including phenoxy) is 1. The Morgan fingerprint density at radius 2 is 1.12 bits per heavy atom. The zero-order valence-electron chi connectivity index (χ0n) is 10.9. The molecule has 3 heteroatoms. The Balaban J connectivity index is 1.38. The summed E-state index contributed by atoms with van der Waals surface area (Å²) >= 11 is 0. The lowest BCUT2D eigenvalue weighted by Gasteiger charge is -2.12. The molecule has 0 spiro atoms. The summed E-state index contributed by atoms with van der Waals surface area (Å²) in [4.78, 5) is 0. The molecule has 3 aliphatic rings. The van der Waals surface area contributed by atoms with Crippen molar-refractivity contribution < 1.29 is 4.74 Å². The van der Waals surface area contributed by atoms with E-state index in [-0.39, 0.29) is 0 Å². The van der Waals surface area contributed by atoms with Gasteiger partial charge in [-0.25, -0.2) is 0 Å². The summed E-state index contributed by atoms with van der Waals surface area (Å²) in [5, 5.41) is 0. The Bertz CT molecular complexity index is 210. The summed E-state index contributed by atoms with van der Waals surface area (Å²) in [6.07, 6.45) is 9.98. The van der Waals surface area contributed by atoms with Crippen LogP contribution in [-0.2, 0) is 26.5 Å². The van der Waals surface area contributed by atoms with Crippen molar-refractivity contribution in [3.8, 4) is 0 Å². The summed E-state index contributed by atoms with van der Waals surface area (Å²) in [5.41, 5.74) is 0. The fourth-order valence-corrected chi connectivity index (χ4v) is 8.38. The van der Waals surface area contributed by atoms with Crippen molar-refractivity contribution >= 4 is 21.8 Å². The molecule has 17 heavy (non-hydrogen) atoms. The first-order chi connectivity index (χ1) is 8.40. The Kier molecular flexibility index (Phi) is 4.63. The van der Waals surface area contributed by atoms with Crippen molar-refractivity contribution in [1.29, 1.82) is 0 Å². The minimum Gasteiger partial charge on any atom is -0.365 e. The van der Waals surface area contributed by atoms with E-state index in [9.17, 15) is 0 Å². The van der Waals surface area contributed by atoms with Gasteiger partial charge in [0.2, 0.25) is 0 Å². The molecule has 0 aromatic carbocycles.